The Hall–Kier alpha value is -1.87. The second-order valence-electron chi connectivity index (χ2n) is 4.28. The van der Waals surface area contributed by atoms with E-state index < -0.39 is 0 Å². The molecule has 1 aromatic carbocycles. The SMILES string of the molecule is CCNC(Cc1ccccc1)c1cccnc1N. The molecule has 94 valence electrons. The summed E-state index contributed by atoms with van der Waals surface area (Å²) in [5, 5.41) is 3.47. The second kappa shape index (κ2) is 6.17. The first kappa shape index (κ1) is 12.6. The van der Waals surface area contributed by atoms with E-state index in [2.05, 4.69) is 41.5 Å². The molecule has 0 fully saturated rings. The van der Waals surface area contributed by atoms with Crippen LogP contribution in [0.1, 0.15) is 24.1 Å². The van der Waals surface area contributed by atoms with Crippen molar-refractivity contribution in [2.24, 2.45) is 0 Å². The van der Waals surface area contributed by atoms with Gasteiger partial charge in [-0.25, -0.2) is 4.98 Å². The maximum absolute atomic E-state index is 5.95. The topological polar surface area (TPSA) is 50.9 Å². The predicted octanol–water partition coefficient (Wildman–Crippen LogP) is 2.56. The standard InChI is InChI=1S/C15H19N3/c1-2-17-14(11-12-7-4-3-5-8-12)13-9-6-10-18-15(13)16/h3-10,14,17H,2,11H2,1H3,(H2,16,18). The van der Waals surface area contributed by atoms with Gasteiger partial charge in [-0.15, -0.1) is 0 Å². The van der Waals surface area contributed by atoms with Gasteiger partial charge in [0.2, 0.25) is 0 Å². The van der Waals surface area contributed by atoms with Crippen molar-refractivity contribution < 1.29 is 0 Å². The Bertz CT molecular complexity index is 482. The molecule has 1 aromatic heterocycles. The Labute approximate surface area is 108 Å². The van der Waals surface area contributed by atoms with E-state index in [0.717, 1.165) is 18.5 Å². The maximum Gasteiger partial charge on any atom is 0.128 e. The van der Waals surface area contributed by atoms with E-state index in [4.69, 9.17) is 5.73 Å². The Morgan fingerprint density at radius 3 is 2.61 bits per heavy atom. The molecule has 3 nitrogen and oxygen atoms in total. The van der Waals surface area contributed by atoms with Crippen LogP contribution >= 0.6 is 0 Å². The molecule has 0 saturated heterocycles. The normalized spacial score (nSPS) is 12.3. The van der Waals surface area contributed by atoms with Crippen LogP contribution in [0, 0.1) is 0 Å². The zero-order valence-corrected chi connectivity index (χ0v) is 10.6. The van der Waals surface area contributed by atoms with Crippen LogP contribution in [-0.2, 0) is 6.42 Å². The third kappa shape index (κ3) is 3.08. The third-order valence-electron chi connectivity index (χ3n) is 2.98. The van der Waals surface area contributed by atoms with Gasteiger partial charge in [0.05, 0.1) is 0 Å². The summed E-state index contributed by atoms with van der Waals surface area (Å²) >= 11 is 0. The molecule has 0 aliphatic heterocycles. The molecule has 0 spiro atoms. The highest BCUT2D eigenvalue weighted by molar-refractivity contribution is 5.41. The second-order valence-corrected chi connectivity index (χ2v) is 4.28. The minimum Gasteiger partial charge on any atom is -0.383 e. The highest BCUT2D eigenvalue weighted by atomic mass is 14.9. The first-order chi connectivity index (χ1) is 8.81. The zero-order valence-electron chi connectivity index (χ0n) is 10.6. The molecule has 0 aliphatic rings. The number of benzene rings is 1. The average Bonchev–Trinajstić information content (AvgIpc) is 2.40. The summed E-state index contributed by atoms with van der Waals surface area (Å²) < 4.78 is 0. The fourth-order valence-electron chi connectivity index (χ4n) is 2.11. The molecular weight excluding hydrogens is 222 g/mol. The van der Waals surface area contributed by atoms with Gasteiger partial charge in [-0.3, -0.25) is 0 Å². The van der Waals surface area contributed by atoms with Gasteiger partial charge in [0, 0.05) is 17.8 Å². The van der Waals surface area contributed by atoms with Crippen molar-refractivity contribution >= 4 is 5.82 Å². The molecule has 0 radical (unpaired) electrons. The lowest BCUT2D eigenvalue weighted by Gasteiger charge is -2.19. The molecule has 1 unspecified atom stereocenters. The molecule has 3 heteroatoms. The zero-order chi connectivity index (χ0) is 12.8. The number of anilines is 1. The van der Waals surface area contributed by atoms with Gasteiger partial charge in [0.15, 0.2) is 0 Å². The van der Waals surface area contributed by atoms with Crippen molar-refractivity contribution in [1.29, 1.82) is 0 Å². The summed E-state index contributed by atoms with van der Waals surface area (Å²) in [6, 6.07) is 14.6. The van der Waals surface area contributed by atoms with Crippen LogP contribution in [-0.4, -0.2) is 11.5 Å². The molecule has 2 aromatic rings. The fraction of sp³-hybridized carbons (Fsp3) is 0.267. The van der Waals surface area contributed by atoms with Crippen LogP contribution < -0.4 is 11.1 Å². The average molecular weight is 241 g/mol. The number of rotatable bonds is 5. The maximum atomic E-state index is 5.95. The molecule has 2 rings (SSSR count). The first-order valence-corrected chi connectivity index (χ1v) is 6.29. The summed E-state index contributed by atoms with van der Waals surface area (Å²) in [4.78, 5) is 4.16. The van der Waals surface area contributed by atoms with Crippen molar-refractivity contribution in [3.05, 3.63) is 59.8 Å². The third-order valence-corrected chi connectivity index (χ3v) is 2.98. The summed E-state index contributed by atoms with van der Waals surface area (Å²) in [6.07, 6.45) is 2.65. The quantitative estimate of drug-likeness (QED) is 0.846. The lowest BCUT2D eigenvalue weighted by atomic mass is 9.99. The number of hydrogen-bond donors (Lipinski definition) is 2. The Balaban J connectivity index is 2.21. The number of hydrogen-bond acceptors (Lipinski definition) is 3. The number of pyridine rings is 1. The molecular formula is C15H19N3. The lowest BCUT2D eigenvalue weighted by Crippen LogP contribution is -2.24. The van der Waals surface area contributed by atoms with Gasteiger partial charge in [-0.05, 0) is 24.6 Å². The lowest BCUT2D eigenvalue weighted by molar-refractivity contribution is 0.550. The van der Waals surface area contributed by atoms with Crippen molar-refractivity contribution in [2.75, 3.05) is 12.3 Å². The van der Waals surface area contributed by atoms with Crippen LogP contribution in [0.25, 0.3) is 0 Å². The molecule has 0 amide bonds. The smallest absolute Gasteiger partial charge is 0.128 e. The summed E-state index contributed by atoms with van der Waals surface area (Å²) in [7, 11) is 0. The van der Waals surface area contributed by atoms with Gasteiger partial charge < -0.3 is 11.1 Å². The summed E-state index contributed by atoms with van der Waals surface area (Å²) in [6.45, 7) is 3.01. The van der Waals surface area contributed by atoms with E-state index in [1.54, 1.807) is 6.20 Å². The Morgan fingerprint density at radius 2 is 1.94 bits per heavy atom. The van der Waals surface area contributed by atoms with Crippen molar-refractivity contribution in [1.82, 2.24) is 10.3 Å². The van der Waals surface area contributed by atoms with Gasteiger partial charge in [-0.2, -0.15) is 0 Å². The van der Waals surface area contributed by atoms with Crippen LogP contribution in [0.2, 0.25) is 0 Å². The van der Waals surface area contributed by atoms with Crippen molar-refractivity contribution in [3.8, 4) is 0 Å². The monoisotopic (exact) mass is 241 g/mol. The highest BCUT2D eigenvalue weighted by Gasteiger charge is 2.14. The van der Waals surface area contributed by atoms with Crippen molar-refractivity contribution in [2.45, 2.75) is 19.4 Å². The van der Waals surface area contributed by atoms with Crippen LogP contribution in [0.4, 0.5) is 5.82 Å². The Morgan fingerprint density at radius 1 is 1.17 bits per heavy atom. The highest BCUT2D eigenvalue weighted by Crippen LogP contribution is 2.21. The molecule has 1 heterocycles. The van der Waals surface area contributed by atoms with E-state index in [1.807, 2.05) is 18.2 Å². The van der Waals surface area contributed by atoms with E-state index in [1.165, 1.54) is 5.56 Å². The van der Waals surface area contributed by atoms with Crippen LogP contribution in [0.15, 0.2) is 48.7 Å². The minimum absolute atomic E-state index is 0.214. The van der Waals surface area contributed by atoms with Crippen LogP contribution in [0.5, 0.6) is 0 Å². The number of nitrogens with one attached hydrogen (secondary N) is 1. The van der Waals surface area contributed by atoms with E-state index in [0.29, 0.717) is 5.82 Å². The van der Waals surface area contributed by atoms with Gasteiger partial charge >= 0.3 is 0 Å². The summed E-state index contributed by atoms with van der Waals surface area (Å²) in [5.41, 5.74) is 8.32. The molecule has 0 bridgehead atoms. The van der Waals surface area contributed by atoms with Gasteiger partial charge in [0.1, 0.15) is 5.82 Å². The minimum atomic E-state index is 0.214. The largest absolute Gasteiger partial charge is 0.383 e. The molecule has 0 saturated carbocycles. The van der Waals surface area contributed by atoms with Crippen LogP contribution in [0.3, 0.4) is 0 Å². The van der Waals surface area contributed by atoms with Crippen molar-refractivity contribution in [3.63, 3.8) is 0 Å². The molecule has 3 N–H and O–H groups in total. The number of likely N-dealkylation sites (N-methyl/N-ethyl adjacent to an activating group) is 1. The van der Waals surface area contributed by atoms with Gasteiger partial charge in [-0.1, -0.05) is 43.3 Å². The molecule has 0 aliphatic carbocycles. The number of nitrogens with two attached hydrogens (primary N) is 1. The number of nitrogen functional groups attached to an aromatic ring is 1. The van der Waals surface area contributed by atoms with E-state index in [-0.39, 0.29) is 6.04 Å². The first-order valence-electron chi connectivity index (χ1n) is 6.29. The number of nitrogens with zero attached hydrogens (tertiary/aromatic N) is 1. The number of aromatic nitrogens is 1. The fourth-order valence-corrected chi connectivity index (χ4v) is 2.11. The van der Waals surface area contributed by atoms with E-state index in [9.17, 15) is 0 Å². The Kier molecular flexibility index (Phi) is 4.31. The predicted molar refractivity (Wildman–Crippen MR) is 75.2 cm³/mol. The summed E-state index contributed by atoms with van der Waals surface area (Å²) in [5.74, 6) is 0.611. The molecule has 18 heavy (non-hydrogen) atoms. The molecule has 1 atom stereocenters. The van der Waals surface area contributed by atoms with Gasteiger partial charge in [0.25, 0.3) is 0 Å². The van der Waals surface area contributed by atoms with E-state index >= 15 is 0 Å².